The van der Waals surface area contributed by atoms with Gasteiger partial charge in [-0.1, -0.05) is 20.4 Å². The Morgan fingerprint density at radius 1 is 1.00 bits per heavy atom. The molecule has 16 nitrogen and oxygen atoms in total. The van der Waals surface area contributed by atoms with Crippen LogP contribution < -0.4 is 35.8 Å². The van der Waals surface area contributed by atoms with E-state index in [0.29, 0.717) is 70.7 Å². The second-order valence-electron chi connectivity index (χ2n) is 20.0. The predicted octanol–water partition coefficient (Wildman–Crippen LogP) is 6.65. The summed E-state index contributed by atoms with van der Waals surface area (Å²) in [7, 11) is 1.52. The number of carbonyl (C=O) groups excluding carboxylic acids is 2. The monoisotopic (exact) mass is 909 g/mol. The number of anilines is 6. The lowest BCUT2D eigenvalue weighted by molar-refractivity contribution is -0.111. The van der Waals surface area contributed by atoms with E-state index in [4.69, 9.17) is 15.5 Å². The molecule has 16 heteroatoms. The fraction of sp³-hybridized carbons (Fsp3) is 0.451. The zero-order valence-corrected chi connectivity index (χ0v) is 39.8. The van der Waals surface area contributed by atoms with Gasteiger partial charge in [0.2, 0.25) is 5.91 Å². The second-order valence-corrected chi connectivity index (χ2v) is 20.0. The minimum Gasteiger partial charge on any atom is -0.478 e. The van der Waals surface area contributed by atoms with Crippen LogP contribution in [0.2, 0.25) is 0 Å². The first kappa shape index (κ1) is 45.8. The molecule has 0 saturated carbocycles. The molecule has 67 heavy (non-hydrogen) atoms. The van der Waals surface area contributed by atoms with Gasteiger partial charge in [-0.05, 0) is 113 Å². The Hall–Kier alpha value is -6.36. The van der Waals surface area contributed by atoms with Gasteiger partial charge in [0.25, 0.3) is 11.8 Å². The molecule has 0 spiro atoms. The van der Waals surface area contributed by atoms with Crippen molar-refractivity contribution in [2.24, 2.45) is 11.1 Å². The number of amides is 2. The molecule has 3 aliphatic heterocycles. The Morgan fingerprint density at radius 3 is 2.54 bits per heavy atom. The van der Waals surface area contributed by atoms with Crippen LogP contribution in [0.15, 0.2) is 73.7 Å². The molecule has 0 radical (unpaired) electrons. The van der Waals surface area contributed by atoms with E-state index in [2.05, 4.69) is 91.3 Å². The van der Waals surface area contributed by atoms with Crippen LogP contribution in [0.5, 0.6) is 5.88 Å². The predicted molar refractivity (Wildman–Crippen MR) is 263 cm³/mol. The number of aliphatic hydroxyl groups is 1. The van der Waals surface area contributed by atoms with Crippen LogP contribution >= 0.6 is 0 Å². The molecular formula is C51H64N12O4. The van der Waals surface area contributed by atoms with Gasteiger partial charge in [0.05, 0.1) is 48.2 Å². The number of aromatic nitrogens is 5. The third kappa shape index (κ3) is 8.97. The summed E-state index contributed by atoms with van der Waals surface area (Å²) < 4.78 is 7.83. The Labute approximate surface area is 393 Å². The lowest BCUT2D eigenvalue weighted by atomic mass is 9.90. The summed E-state index contributed by atoms with van der Waals surface area (Å²) in [5.41, 5.74) is 15.0. The van der Waals surface area contributed by atoms with Crippen molar-refractivity contribution in [3.8, 4) is 17.1 Å². The number of pyridine rings is 2. The van der Waals surface area contributed by atoms with Crippen LogP contribution in [0.4, 0.5) is 34.4 Å². The van der Waals surface area contributed by atoms with Crippen LogP contribution in [0.1, 0.15) is 87.4 Å². The van der Waals surface area contributed by atoms with Crippen molar-refractivity contribution in [3.05, 3.63) is 102 Å². The van der Waals surface area contributed by atoms with E-state index in [1.807, 2.05) is 44.3 Å². The number of benzene rings is 1. The lowest BCUT2D eigenvalue weighted by Crippen LogP contribution is -2.58. The van der Waals surface area contributed by atoms with E-state index in [1.54, 1.807) is 23.4 Å². The summed E-state index contributed by atoms with van der Waals surface area (Å²) in [6.45, 7) is 21.0. The number of ether oxygens (including phenoxy) is 1. The molecule has 1 aliphatic carbocycles. The van der Waals surface area contributed by atoms with Crippen LogP contribution in [0.25, 0.3) is 11.3 Å². The van der Waals surface area contributed by atoms with E-state index in [0.717, 1.165) is 63.2 Å². The van der Waals surface area contributed by atoms with Crippen molar-refractivity contribution in [2.75, 3.05) is 65.2 Å². The summed E-state index contributed by atoms with van der Waals surface area (Å²) in [6, 6.07) is 14.9. The average Bonchev–Trinajstić information content (AvgIpc) is 3.80. The average molecular weight is 909 g/mol. The van der Waals surface area contributed by atoms with Gasteiger partial charge < -0.3 is 40.6 Å². The van der Waals surface area contributed by atoms with Crippen molar-refractivity contribution in [1.82, 2.24) is 29.4 Å². The number of methoxy groups -OCH3 is 1. The Kier molecular flexibility index (Phi) is 12.3. The molecule has 5 aromatic rings. The van der Waals surface area contributed by atoms with Crippen molar-refractivity contribution < 1.29 is 19.4 Å². The fourth-order valence-electron chi connectivity index (χ4n) is 10.7. The number of rotatable bonds is 12. The number of hydrogen-bond donors (Lipinski definition) is 4. The van der Waals surface area contributed by atoms with Crippen LogP contribution in [-0.2, 0) is 36.3 Å². The number of piperazine rings is 1. The van der Waals surface area contributed by atoms with Crippen molar-refractivity contribution in [3.63, 3.8) is 0 Å². The summed E-state index contributed by atoms with van der Waals surface area (Å²) in [4.78, 5) is 54.8. The molecule has 9 rings (SSSR count). The van der Waals surface area contributed by atoms with Crippen molar-refractivity contribution >= 4 is 46.2 Å². The van der Waals surface area contributed by atoms with E-state index in [9.17, 15) is 14.7 Å². The number of nitrogens with two attached hydrogens (primary N) is 1. The molecule has 7 heterocycles. The fourth-order valence-corrected chi connectivity index (χ4v) is 10.7. The molecular weight excluding hydrogens is 845 g/mol. The minimum atomic E-state index is -0.503. The largest absolute Gasteiger partial charge is 0.478 e. The highest BCUT2D eigenvalue weighted by Crippen LogP contribution is 2.41. The zero-order chi connectivity index (χ0) is 47.4. The molecule has 352 valence electrons. The second kappa shape index (κ2) is 18.0. The first-order valence-corrected chi connectivity index (χ1v) is 23.5. The molecule has 4 aliphatic rings. The van der Waals surface area contributed by atoms with E-state index in [-0.39, 0.29) is 35.8 Å². The Morgan fingerprint density at radius 2 is 1.81 bits per heavy atom. The molecule has 4 aromatic heterocycles. The Bertz CT molecular complexity index is 2710. The number of fused-ring (bicyclic) bond motifs is 3. The SMILES string of the molecule is C=CC(=O)Nc1cc(Nc2nc(-c3ccnc(N4CCn5c(cc6c5CC(C)(C)C6)C4=O)c3CO)cnc2OC)ccc1N1CCN(C2CCN(c3ccnc(C(C)(C)N)c3)[C@@H](C)C2)C[C@@H]1C. The number of hydrogen-bond acceptors (Lipinski definition) is 13. The summed E-state index contributed by atoms with van der Waals surface area (Å²) in [6.07, 6.45) is 10.3. The first-order chi connectivity index (χ1) is 32.0. The normalized spacial score (nSPS) is 20.6. The van der Waals surface area contributed by atoms with E-state index < -0.39 is 5.54 Å². The number of nitrogens with zero attached hydrogens (tertiary/aromatic N) is 9. The van der Waals surface area contributed by atoms with Crippen molar-refractivity contribution in [1.29, 1.82) is 0 Å². The van der Waals surface area contributed by atoms with Crippen LogP contribution in [0.3, 0.4) is 0 Å². The molecule has 2 amide bonds. The highest BCUT2D eigenvalue weighted by molar-refractivity contribution is 6.06. The summed E-state index contributed by atoms with van der Waals surface area (Å²) in [5, 5.41) is 17.3. The Balaban J connectivity index is 0.920. The van der Waals surface area contributed by atoms with E-state index >= 15 is 0 Å². The number of nitrogens with one attached hydrogen (secondary N) is 2. The third-order valence-electron chi connectivity index (χ3n) is 14.1. The maximum Gasteiger partial charge on any atom is 0.276 e. The topological polar surface area (TPSA) is 183 Å². The maximum atomic E-state index is 14.1. The van der Waals surface area contributed by atoms with Gasteiger partial charge >= 0.3 is 0 Å². The van der Waals surface area contributed by atoms with Gasteiger partial charge in [-0.3, -0.25) is 24.4 Å². The van der Waals surface area contributed by atoms with Gasteiger partial charge in [0.15, 0.2) is 5.82 Å². The quantitative estimate of drug-likeness (QED) is 0.0978. The first-order valence-electron chi connectivity index (χ1n) is 23.5. The molecule has 2 fully saturated rings. The third-order valence-corrected chi connectivity index (χ3v) is 14.1. The van der Waals surface area contributed by atoms with Gasteiger partial charge in [-0.25, -0.2) is 15.0 Å². The zero-order valence-electron chi connectivity index (χ0n) is 39.8. The van der Waals surface area contributed by atoms with Gasteiger partial charge in [0, 0.05) is 98.0 Å². The number of aliphatic hydroxyl groups excluding tert-OH is 1. The van der Waals surface area contributed by atoms with Gasteiger partial charge in [-0.15, -0.1) is 0 Å². The van der Waals surface area contributed by atoms with Crippen molar-refractivity contribution in [2.45, 2.75) is 104 Å². The van der Waals surface area contributed by atoms with Gasteiger partial charge in [-0.2, -0.15) is 0 Å². The standard InChI is InChI=1S/C51H64N12O4/c1-9-45(65)57-39-24-34(10-11-41(39)61-19-18-59(29-32(61)3)35-14-17-60(31(2)22-35)36-12-15-53-44(25-36)51(6,7)52)56-46-48(67-8)55-28-40(58-46)37-13-16-54-47(38(37)30-64)63-21-20-62-42(49(63)66)23-33-26-50(4,5)27-43(33)62/h9-13,15-16,23-25,28,31-32,35,64H,1,14,17-22,26-27,29-30,52H2,2-8H3,(H,56,58)(H,57,65)/t31-,32-,35?/m0/s1. The van der Waals surface area contributed by atoms with Gasteiger partial charge in [0.1, 0.15) is 11.5 Å². The van der Waals surface area contributed by atoms with E-state index in [1.165, 1.54) is 30.1 Å². The molecule has 1 unspecified atom stereocenters. The molecule has 2 saturated heterocycles. The van der Waals surface area contributed by atoms with Crippen LogP contribution in [-0.4, -0.2) is 104 Å². The maximum absolute atomic E-state index is 14.1. The smallest absolute Gasteiger partial charge is 0.276 e. The highest BCUT2D eigenvalue weighted by atomic mass is 16.5. The lowest BCUT2D eigenvalue weighted by Gasteiger charge is -2.48. The van der Waals surface area contributed by atoms with Crippen LogP contribution in [0, 0.1) is 5.41 Å². The summed E-state index contributed by atoms with van der Waals surface area (Å²) in [5.74, 6) is 0.516. The summed E-state index contributed by atoms with van der Waals surface area (Å²) >= 11 is 0. The molecule has 1 aromatic carbocycles. The molecule has 5 N–H and O–H groups in total. The number of piperidine rings is 1. The molecule has 0 bridgehead atoms. The number of carbonyl (C=O) groups is 2. The molecule has 3 atom stereocenters. The highest BCUT2D eigenvalue weighted by Gasteiger charge is 2.38. The minimum absolute atomic E-state index is 0.140.